The van der Waals surface area contributed by atoms with Gasteiger partial charge in [0.15, 0.2) is 0 Å². The Labute approximate surface area is 158 Å². The third kappa shape index (κ3) is 3.64. The number of nitrogens with one attached hydrogen (secondary N) is 1. The van der Waals surface area contributed by atoms with Gasteiger partial charge in [-0.25, -0.2) is 0 Å². The highest BCUT2D eigenvalue weighted by Crippen LogP contribution is 2.42. The van der Waals surface area contributed by atoms with Crippen LogP contribution in [0.15, 0.2) is 5.16 Å². The Morgan fingerprint density at radius 1 is 1.46 bits per heavy atom. The van der Waals surface area contributed by atoms with Gasteiger partial charge in [-0.15, -0.1) is 23.4 Å². The Balaban J connectivity index is 2.07. The van der Waals surface area contributed by atoms with Gasteiger partial charge in [0, 0.05) is 19.4 Å². The SMILES string of the molecule is COCC1(C(=O)O)CS[C@@H]2C(NC(=O)C(=NOC)C(=O)CCl)C(=O)N2C1. The zero-order valence-electron chi connectivity index (χ0n) is 14.1. The highest BCUT2D eigenvalue weighted by Gasteiger charge is 2.57. The lowest BCUT2D eigenvalue weighted by Crippen LogP contribution is -2.74. The molecule has 0 aromatic heterocycles. The number of hydrogen-bond donors (Lipinski definition) is 2. The van der Waals surface area contributed by atoms with Crippen LogP contribution in [0, 0.1) is 5.41 Å². The molecule has 0 saturated carbocycles. The molecule has 144 valence electrons. The number of carbonyl (C=O) groups excluding carboxylic acids is 3. The van der Waals surface area contributed by atoms with E-state index in [9.17, 15) is 24.3 Å². The first kappa shape index (κ1) is 20.5. The quantitative estimate of drug-likeness (QED) is 0.170. The molecular formula is C14H18ClN3O7S. The van der Waals surface area contributed by atoms with Gasteiger partial charge in [0.05, 0.1) is 12.5 Å². The highest BCUT2D eigenvalue weighted by atomic mass is 35.5. The van der Waals surface area contributed by atoms with Crippen LogP contribution in [0.1, 0.15) is 0 Å². The molecular weight excluding hydrogens is 390 g/mol. The van der Waals surface area contributed by atoms with Gasteiger partial charge in [-0.1, -0.05) is 5.16 Å². The van der Waals surface area contributed by atoms with E-state index in [-0.39, 0.29) is 18.9 Å². The van der Waals surface area contributed by atoms with E-state index in [1.54, 1.807) is 0 Å². The van der Waals surface area contributed by atoms with Crippen molar-refractivity contribution in [3.8, 4) is 0 Å². The number of carboxylic acid groups (broad SMARTS) is 1. The van der Waals surface area contributed by atoms with Crippen LogP contribution in [0.3, 0.4) is 0 Å². The number of β-lactam (4-membered cyclic amide) rings is 1. The van der Waals surface area contributed by atoms with Crippen LogP contribution in [0.5, 0.6) is 0 Å². The molecule has 3 atom stereocenters. The van der Waals surface area contributed by atoms with Crippen molar-refractivity contribution in [2.45, 2.75) is 11.4 Å². The standard InChI is InChI=1S/C14H18ClN3O7S/c1-24-5-14(13(22)23)4-18-11(21)9(12(18)26-6-14)16-10(20)8(17-25-2)7(19)3-15/h9,12H,3-6H2,1-2H3,(H,16,20)(H,22,23)/t9?,12-,14?/m1/s1. The van der Waals surface area contributed by atoms with Gasteiger partial charge in [-0.05, 0) is 0 Å². The summed E-state index contributed by atoms with van der Waals surface area (Å²) >= 11 is 6.66. The highest BCUT2D eigenvalue weighted by molar-refractivity contribution is 8.00. The third-order valence-electron chi connectivity index (χ3n) is 4.09. The van der Waals surface area contributed by atoms with Crippen molar-refractivity contribution in [3.05, 3.63) is 0 Å². The second-order valence-corrected chi connectivity index (χ2v) is 7.19. The average molecular weight is 408 g/mol. The Morgan fingerprint density at radius 2 is 2.15 bits per heavy atom. The molecule has 0 aromatic carbocycles. The zero-order valence-corrected chi connectivity index (χ0v) is 15.6. The van der Waals surface area contributed by atoms with E-state index in [0.717, 1.165) is 0 Å². The molecule has 26 heavy (non-hydrogen) atoms. The molecule has 2 amide bonds. The molecule has 10 nitrogen and oxygen atoms in total. The number of Topliss-reactive ketones (excluding diaryl/α,β-unsaturated/α-hetero) is 1. The van der Waals surface area contributed by atoms with Crippen molar-refractivity contribution in [1.82, 2.24) is 10.2 Å². The van der Waals surface area contributed by atoms with E-state index in [1.807, 2.05) is 0 Å². The fourth-order valence-corrected chi connectivity index (χ4v) is 4.42. The number of nitrogens with zero attached hydrogens (tertiary/aromatic N) is 2. The second-order valence-electron chi connectivity index (χ2n) is 5.82. The molecule has 0 spiro atoms. The predicted octanol–water partition coefficient (Wildman–Crippen LogP) is -1.09. The summed E-state index contributed by atoms with van der Waals surface area (Å²) in [6.45, 7) is -0.0452. The number of thioether (sulfide) groups is 1. The van der Waals surface area contributed by atoms with Gasteiger partial charge in [-0.2, -0.15) is 0 Å². The van der Waals surface area contributed by atoms with E-state index < -0.39 is 52.0 Å². The Kier molecular flexibility index (Phi) is 6.48. The molecule has 2 rings (SSSR count). The van der Waals surface area contributed by atoms with E-state index in [1.165, 1.54) is 30.9 Å². The number of methoxy groups -OCH3 is 1. The summed E-state index contributed by atoms with van der Waals surface area (Å²) in [6, 6.07) is -0.882. The molecule has 0 aliphatic carbocycles. The molecule has 2 unspecified atom stereocenters. The fraction of sp³-hybridized carbons (Fsp3) is 0.643. The maximum absolute atomic E-state index is 12.3. The van der Waals surface area contributed by atoms with Gasteiger partial charge in [-0.3, -0.25) is 19.2 Å². The molecule has 12 heteroatoms. The summed E-state index contributed by atoms with van der Waals surface area (Å²) in [4.78, 5) is 53.6. The van der Waals surface area contributed by atoms with E-state index >= 15 is 0 Å². The number of fused-ring (bicyclic) bond motifs is 1. The number of oxime groups is 1. The molecule has 2 fully saturated rings. The fourth-order valence-electron chi connectivity index (χ4n) is 2.77. The van der Waals surface area contributed by atoms with Gasteiger partial charge in [0.1, 0.15) is 23.9 Å². The summed E-state index contributed by atoms with van der Waals surface area (Å²) in [5.74, 6) is -3.34. The minimum Gasteiger partial charge on any atom is -0.481 e. The van der Waals surface area contributed by atoms with Crippen molar-refractivity contribution in [1.29, 1.82) is 0 Å². The molecule has 0 radical (unpaired) electrons. The lowest BCUT2D eigenvalue weighted by Gasteiger charge is -2.53. The maximum Gasteiger partial charge on any atom is 0.314 e. The second kappa shape index (κ2) is 8.23. The van der Waals surface area contributed by atoms with Crippen LogP contribution in [0.25, 0.3) is 0 Å². The average Bonchev–Trinajstić information content (AvgIpc) is 2.63. The van der Waals surface area contributed by atoms with Gasteiger partial charge >= 0.3 is 5.97 Å². The number of ether oxygens (including phenoxy) is 1. The first-order chi connectivity index (χ1) is 12.3. The van der Waals surface area contributed by atoms with Gasteiger partial charge < -0.3 is 24.9 Å². The van der Waals surface area contributed by atoms with Crippen molar-refractivity contribution in [3.63, 3.8) is 0 Å². The van der Waals surface area contributed by atoms with Crippen molar-refractivity contribution >= 4 is 52.6 Å². The lowest BCUT2D eigenvalue weighted by atomic mass is 9.88. The minimum atomic E-state index is -1.20. The van der Waals surface area contributed by atoms with Crippen molar-refractivity contribution in [2.75, 3.05) is 39.0 Å². The number of amides is 2. The van der Waals surface area contributed by atoms with Crippen molar-refractivity contribution < 1.29 is 33.9 Å². The summed E-state index contributed by atoms with van der Waals surface area (Å²) in [5.41, 5.74) is -1.73. The summed E-state index contributed by atoms with van der Waals surface area (Å²) in [6.07, 6.45) is 0. The van der Waals surface area contributed by atoms with E-state index in [4.69, 9.17) is 16.3 Å². The molecule has 2 aliphatic rings. The van der Waals surface area contributed by atoms with Gasteiger partial charge in [0.25, 0.3) is 5.91 Å². The molecule has 2 saturated heterocycles. The number of carbonyl (C=O) groups is 4. The molecule has 2 N–H and O–H groups in total. The Bertz CT molecular complexity index is 658. The first-order valence-electron chi connectivity index (χ1n) is 7.47. The maximum atomic E-state index is 12.3. The van der Waals surface area contributed by atoms with E-state index in [2.05, 4.69) is 15.3 Å². The predicted molar refractivity (Wildman–Crippen MR) is 92.0 cm³/mol. The Morgan fingerprint density at radius 3 is 2.69 bits per heavy atom. The number of halogens is 1. The van der Waals surface area contributed by atoms with Crippen LogP contribution in [-0.2, 0) is 28.8 Å². The molecule has 0 aromatic rings. The summed E-state index contributed by atoms with van der Waals surface area (Å²) in [5, 5.41) is 14.8. The number of rotatable bonds is 8. The number of hydrogen-bond acceptors (Lipinski definition) is 8. The van der Waals surface area contributed by atoms with Crippen LogP contribution in [-0.4, -0.2) is 89.7 Å². The molecule has 2 aliphatic heterocycles. The normalized spacial score (nSPS) is 28.0. The van der Waals surface area contributed by atoms with E-state index in [0.29, 0.717) is 0 Å². The zero-order chi connectivity index (χ0) is 19.5. The van der Waals surface area contributed by atoms with Crippen molar-refractivity contribution in [2.24, 2.45) is 10.6 Å². The van der Waals surface area contributed by atoms with Crippen LogP contribution >= 0.6 is 23.4 Å². The molecule has 2 heterocycles. The first-order valence-corrected chi connectivity index (χ1v) is 9.05. The smallest absolute Gasteiger partial charge is 0.314 e. The summed E-state index contributed by atoms with van der Waals surface area (Å²) < 4.78 is 5.00. The largest absolute Gasteiger partial charge is 0.481 e. The number of ketones is 1. The minimum absolute atomic E-state index is 0.0152. The number of carboxylic acids is 1. The number of alkyl halides is 1. The van der Waals surface area contributed by atoms with Crippen LogP contribution in [0.4, 0.5) is 0 Å². The third-order valence-corrected chi connectivity index (χ3v) is 5.92. The summed E-state index contributed by atoms with van der Waals surface area (Å²) in [7, 11) is 2.57. The number of aliphatic carboxylic acids is 1. The lowest BCUT2D eigenvalue weighted by molar-refractivity contribution is -0.161. The molecule has 0 bridgehead atoms. The van der Waals surface area contributed by atoms with Crippen LogP contribution in [0.2, 0.25) is 0 Å². The Hall–Kier alpha value is -1.85. The van der Waals surface area contributed by atoms with Gasteiger partial charge in [0.2, 0.25) is 17.4 Å². The van der Waals surface area contributed by atoms with Crippen LogP contribution < -0.4 is 5.32 Å². The monoisotopic (exact) mass is 407 g/mol. The topological polar surface area (TPSA) is 135 Å².